The summed E-state index contributed by atoms with van der Waals surface area (Å²) in [5.41, 5.74) is 5.81. The summed E-state index contributed by atoms with van der Waals surface area (Å²) in [6, 6.07) is -0.156. The number of methoxy groups -OCH3 is 1. The number of hydrogen-bond donors (Lipinski definition) is 1. The first-order chi connectivity index (χ1) is 5.74. The minimum atomic E-state index is -0.228. The van der Waals surface area contributed by atoms with Crippen LogP contribution in [0.5, 0.6) is 0 Å². The van der Waals surface area contributed by atoms with Gasteiger partial charge in [0, 0.05) is 6.04 Å². The lowest BCUT2D eigenvalue weighted by molar-refractivity contribution is -0.147. The van der Waals surface area contributed by atoms with Gasteiger partial charge in [-0.05, 0) is 12.8 Å². The van der Waals surface area contributed by atoms with E-state index >= 15 is 0 Å². The van der Waals surface area contributed by atoms with E-state index in [2.05, 4.69) is 4.74 Å². The number of hydrogen-bond acceptors (Lipinski definition) is 4. The summed E-state index contributed by atoms with van der Waals surface area (Å²) in [6.45, 7) is 0. The van der Waals surface area contributed by atoms with Crippen LogP contribution in [0, 0.1) is 5.92 Å². The van der Waals surface area contributed by atoms with E-state index in [0.717, 1.165) is 12.8 Å². The van der Waals surface area contributed by atoms with Gasteiger partial charge in [-0.3, -0.25) is 4.79 Å². The molecule has 5 heteroatoms. The molecule has 13 heavy (non-hydrogen) atoms. The quantitative estimate of drug-likeness (QED) is 0.619. The highest BCUT2D eigenvalue weighted by Crippen LogP contribution is 2.38. The number of ether oxygens (including phenoxy) is 2. The summed E-state index contributed by atoms with van der Waals surface area (Å²) < 4.78 is 10.2. The fourth-order valence-corrected chi connectivity index (χ4v) is 2.16. The van der Waals surface area contributed by atoms with E-state index < -0.39 is 0 Å². The molecule has 2 aliphatic heterocycles. The van der Waals surface area contributed by atoms with Crippen LogP contribution in [0.3, 0.4) is 0 Å². The van der Waals surface area contributed by atoms with E-state index in [0.29, 0.717) is 0 Å². The maximum absolute atomic E-state index is 11.2. The van der Waals surface area contributed by atoms with Crippen molar-refractivity contribution in [3.05, 3.63) is 0 Å². The molecular formula is C8H14ClNO3. The Balaban J connectivity index is 0.000000845. The van der Waals surface area contributed by atoms with Crippen LogP contribution in [0.1, 0.15) is 12.8 Å². The minimum absolute atomic E-state index is 0. The Bertz CT molecular complexity index is 210. The first kappa shape index (κ1) is 10.8. The molecule has 2 N–H and O–H groups in total. The molecule has 2 rings (SSSR count). The van der Waals surface area contributed by atoms with Gasteiger partial charge in [0.1, 0.15) is 5.92 Å². The lowest BCUT2D eigenvalue weighted by atomic mass is 9.85. The third-order valence-corrected chi connectivity index (χ3v) is 2.80. The molecule has 0 amide bonds. The summed E-state index contributed by atoms with van der Waals surface area (Å²) in [6.07, 6.45) is 2.02. The Hall–Kier alpha value is -0.320. The van der Waals surface area contributed by atoms with Crippen molar-refractivity contribution in [3.63, 3.8) is 0 Å². The molecule has 0 spiro atoms. The molecule has 2 heterocycles. The maximum atomic E-state index is 11.2. The zero-order valence-electron chi connectivity index (χ0n) is 7.43. The van der Waals surface area contributed by atoms with E-state index in [-0.39, 0.29) is 42.5 Å². The number of rotatable bonds is 1. The van der Waals surface area contributed by atoms with Gasteiger partial charge in [-0.1, -0.05) is 0 Å². The molecule has 4 atom stereocenters. The van der Waals surface area contributed by atoms with Crippen molar-refractivity contribution in [2.45, 2.75) is 31.1 Å². The highest BCUT2D eigenvalue weighted by atomic mass is 35.5. The first-order valence-electron chi connectivity index (χ1n) is 4.23. The van der Waals surface area contributed by atoms with Crippen LogP contribution >= 0.6 is 12.4 Å². The second-order valence-corrected chi connectivity index (χ2v) is 3.42. The molecule has 0 aromatic heterocycles. The highest BCUT2D eigenvalue weighted by Gasteiger charge is 2.51. The number of carbonyl (C=O) groups is 1. The van der Waals surface area contributed by atoms with Crippen molar-refractivity contribution in [2.75, 3.05) is 7.11 Å². The number of fused-ring (bicyclic) bond motifs is 2. The molecule has 0 unspecified atom stereocenters. The average Bonchev–Trinajstić information content (AvgIpc) is 2.63. The van der Waals surface area contributed by atoms with E-state index in [9.17, 15) is 4.79 Å². The van der Waals surface area contributed by atoms with Gasteiger partial charge in [0.2, 0.25) is 0 Å². The summed E-state index contributed by atoms with van der Waals surface area (Å²) in [5, 5.41) is 0. The minimum Gasteiger partial charge on any atom is -0.469 e. The van der Waals surface area contributed by atoms with E-state index in [1.807, 2.05) is 0 Å². The fourth-order valence-electron chi connectivity index (χ4n) is 2.16. The molecule has 2 aliphatic rings. The molecule has 0 aromatic rings. The third-order valence-electron chi connectivity index (χ3n) is 2.80. The molecule has 2 bridgehead atoms. The van der Waals surface area contributed by atoms with Crippen LogP contribution < -0.4 is 5.73 Å². The topological polar surface area (TPSA) is 61.5 Å². The lowest BCUT2D eigenvalue weighted by Gasteiger charge is -2.21. The standard InChI is InChI=1S/C8H13NO3.ClH/c1-11-8(10)6-4-2-3-5(12-4)7(6)9;/h4-7H,2-3,9H2,1H3;1H/t4-,5+,6+,7-;/m1./s1. The van der Waals surface area contributed by atoms with Crippen LogP contribution in [0.2, 0.25) is 0 Å². The van der Waals surface area contributed by atoms with Crippen LogP contribution in [0.4, 0.5) is 0 Å². The summed E-state index contributed by atoms with van der Waals surface area (Å²) in [5.74, 6) is -0.455. The Morgan fingerprint density at radius 2 is 2.08 bits per heavy atom. The Kier molecular flexibility index (Phi) is 3.16. The highest BCUT2D eigenvalue weighted by molar-refractivity contribution is 5.85. The number of carbonyl (C=O) groups excluding carboxylic acids is 1. The van der Waals surface area contributed by atoms with Gasteiger partial charge in [0.05, 0.1) is 19.3 Å². The Labute approximate surface area is 83.2 Å². The zero-order valence-corrected chi connectivity index (χ0v) is 8.25. The molecule has 2 fully saturated rings. The SMILES string of the molecule is COC(=O)[C@@H]1[C@H](N)[C@@H]2CC[C@H]1O2.Cl. The molecule has 0 radical (unpaired) electrons. The van der Waals surface area contributed by atoms with E-state index in [1.54, 1.807) is 0 Å². The van der Waals surface area contributed by atoms with Gasteiger partial charge in [-0.2, -0.15) is 0 Å². The largest absolute Gasteiger partial charge is 0.469 e. The van der Waals surface area contributed by atoms with Crippen molar-refractivity contribution in [3.8, 4) is 0 Å². The van der Waals surface area contributed by atoms with Gasteiger partial charge in [0.15, 0.2) is 0 Å². The normalized spacial score (nSPS) is 41.4. The Morgan fingerprint density at radius 1 is 1.46 bits per heavy atom. The predicted molar refractivity (Wildman–Crippen MR) is 48.6 cm³/mol. The number of halogens is 1. The predicted octanol–water partition coefficient (Wildman–Crippen LogP) is 0.0859. The van der Waals surface area contributed by atoms with Crippen LogP contribution in [-0.4, -0.2) is 31.3 Å². The van der Waals surface area contributed by atoms with Crippen molar-refractivity contribution in [2.24, 2.45) is 11.7 Å². The monoisotopic (exact) mass is 207 g/mol. The smallest absolute Gasteiger partial charge is 0.312 e. The van der Waals surface area contributed by atoms with Gasteiger partial charge in [-0.25, -0.2) is 0 Å². The van der Waals surface area contributed by atoms with Crippen LogP contribution in [-0.2, 0) is 14.3 Å². The molecule has 0 aromatic carbocycles. The van der Waals surface area contributed by atoms with E-state index in [1.165, 1.54) is 7.11 Å². The number of esters is 1. The number of nitrogens with two attached hydrogens (primary N) is 1. The second-order valence-electron chi connectivity index (χ2n) is 3.42. The third kappa shape index (κ3) is 1.54. The molecule has 2 saturated heterocycles. The van der Waals surface area contributed by atoms with Crippen molar-refractivity contribution in [1.82, 2.24) is 0 Å². The van der Waals surface area contributed by atoms with Crippen LogP contribution in [0.25, 0.3) is 0 Å². The average molecular weight is 208 g/mol. The van der Waals surface area contributed by atoms with E-state index in [4.69, 9.17) is 10.5 Å². The van der Waals surface area contributed by atoms with Gasteiger partial charge in [-0.15, -0.1) is 12.4 Å². The zero-order chi connectivity index (χ0) is 8.72. The fraction of sp³-hybridized carbons (Fsp3) is 0.875. The molecule has 0 aliphatic carbocycles. The van der Waals surface area contributed by atoms with Crippen molar-refractivity contribution < 1.29 is 14.3 Å². The summed E-state index contributed by atoms with van der Waals surface area (Å²) in [7, 11) is 1.39. The van der Waals surface area contributed by atoms with Crippen molar-refractivity contribution >= 4 is 18.4 Å². The Morgan fingerprint density at radius 3 is 2.54 bits per heavy atom. The lowest BCUT2D eigenvalue weighted by Crippen LogP contribution is -2.44. The molecule has 76 valence electrons. The van der Waals surface area contributed by atoms with Gasteiger partial charge < -0.3 is 15.2 Å². The maximum Gasteiger partial charge on any atom is 0.312 e. The first-order valence-corrected chi connectivity index (χ1v) is 4.23. The van der Waals surface area contributed by atoms with Gasteiger partial charge in [0.25, 0.3) is 0 Å². The summed E-state index contributed by atoms with van der Waals surface area (Å²) in [4.78, 5) is 11.2. The molecule has 0 saturated carbocycles. The summed E-state index contributed by atoms with van der Waals surface area (Å²) >= 11 is 0. The molecule has 4 nitrogen and oxygen atoms in total. The van der Waals surface area contributed by atoms with Crippen molar-refractivity contribution in [1.29, 1.82) is 0 Å². The van der Waals surface area contributed by atoms with Crippen LogP contribution in [0.15, 0.2) is 0 Å². The molecular weight excluding hydrogens is 194 g/mol. The second kappa shape index (κ2) is 3.82. The van der Waals surface area contributed by atoms with Gasteiger partial charge >= 0.3 is 5.97 Å².